The Balaban J connectivity index is 1.56. The minimum absolute atomic E-state index is 0.0228. The van der Waals surface area contributed by atoms with Crippen LogP contribution >= 0.6 is 0 Å². The van der Waals surface area contributed by atoms with Crippen LogP contribution in [0.4, 0.5) is 0 Å². The molecule has 0 saturated carbocycles. The van der Waals surface area contributed by atoms with Crippen molar-refractivity contribution in [2.75, 3.05) is 13.3 Å². The summed E-state index contributed by atoms with van der Waals surface area (Å²) in [7, 11) is 0. The summed E-state index contributed by atoms with van der Waals surface area (Å²) in [5.74, 6) is 1.08. The van der Waals surface area contributed by atoms with Crippen LogP contribution in [0.1, 0.15) is 43.3 Å². The van der Waals surface area contributed by atoms with Gasteiger partial charge in [0.1, 0.15) is 17.4 Å². The fourth-order valence-corrected chi connectivity index (χ4v) is 4.03. The number of aryl methyl sites for hydroxylation is 1. The van der Waals surface area contributed by atoms with Crippen LogP contribution in [0.3, 0.4) is 0 Å². The van der Waals surface area contributed by atoms with Crippen molar-refractivity contribution in [3.63, 3.8) is 0 Å². The van der Waals surface area contributed by atoms with Gasteiger partial charge < -0.3 is 29.1 Å². The quantitative estimate of drug-likeness (QED) is 0.501. The van der Waals surface area contributed by atoms with E-state index in [1.54, 1.807) is 24.5 Å². The summed E-state index contributed by atoms with van der Waals surface area (Å²) in [4.78, 5) is 39.3. The van der Waals surface area contributed by atoms with Crippen LogP contribution in [-0.4, -0.2) is 35.8 Å². The molecule has 0 bridgehead atoms. The zero-order chi connectivity index (χ0) is 24.2. The van der Waals surface area contributed by atoms with Gasteiger partial charge in [0.2, 0.25) is 18.1 Å². The first kappa shape index (κ1) is 23.4. The monoisotopic (exact) mass is 467 g/mol. The summed E-state index contributed by atoms with van der Waals surface area (Å²) in [5.41, 5.74) is 0.213. The van der Waals surface area contributed by atoms with E-state index in [1.165, 1.54) is 6.20 Å². The maximum Gasteiger partial charge on any atom is 0.257 e. The number of nitrogens with one attached hydrogen (secondary N) is 2. The Labute approximate surface area is 197 Å². The van der Waals surface area contributed by atoms with Crippen LogP contribution < -0.4 is 25.5 Å². The van der Waals surface area contributed by atoms with Gasteiger partial charge in [0.15, 0.2) is 11.5 Å². The third kappa shape index (κ3) is 4.93. The summed E-state index contributed by atoms with van der Waals surface area (Å²) in [6, 6.07) is 6.21. The molecule has 0 aliphatic carbocycles. The molecule has 3 heterocycles. The smallest absolute Gasteiger partial charge is 0.257 e. The number of pyridine rings is 1. The van der Waals surface area contributed by atoms with Crippen LogP contribution in [0.2, 0.25) is 0 Å². The fourth-order valence-electron chi connectivity index (χ4n) is 4.03. The van der Waals surface area contributed by atoms with Gasteiger partial charge in [-0.25, -0.2) is 0 Å². The zero-order valence-corrected chi connectivity index (χ0v) is 19.6. The Kier molecular flexibility index (Phi) is 6.90. The highest BCUT2D eigenvalue weighted by Gasteiger charge is 2.25. The number of rotatable bonds is 9. The van der Waals surface area contributed by atoms with Crippen LogP contribution in [-0.2, 0) is 17.8 Å². The summed E-state index contributed by atoms with van der Waals surface area (Å²) in [6.45, 7) is 6.87. The lowest BCUT2D eigenvalue weighted by Crippen LogP contribution is -2.48. The lowest BCUT2D eigenvalue weighted by atomic mass is 10.0. The number of hydrogen-bond donors (Lipinski definition) is 2. The van der Waals surface area contributed by atoms with Crippen molar-refractivity contribution < 1.29 is 23.5 Å². The second-order valence-electron chi connectivity index (χ2n) is 8.66. The normalized spacial score (nSPS) is 13.3. The first-order valence-electron chi connectivity index (χ1n) is 11.4. The van der Waals surface area contributed by atoms with Gasteiger partial charge in [0.25, 0.3) is 5.91 Å². The molecule has 3 aromatic rings. The molecular formula is C25H29N3O6. The Hall–Kier alpha value is -3.75. The maximum atomic E-state index is 13.2. The second-order valence-corrected chi connectivity index (χ2v) is 8.66. The van der Waals surface area contributed by atoms with Gasteiger partial charge in [-0.3, -0.25) is 14.4 Å². The van der Waals surface area contributed by atoms with Crippen molar-refractivity contribution in [2.24, 2.45) is 5.92 Å². The molecule has 34 heavy (non-hydrogen) atoms. The van der Waals surface area contributed by atoms with E-state index in [9.17, 15) is 14.4 Å². The molecule has 2 amide bonds. The third-order valence-corrected chi connectivity index (χ3v) is 5.74. The SMILES string of the molecule is CCn1cc(C(=O)N[C@@H](CC(C)C)C(=O)NCCc2ccco2)c(=O)c2cc3c(cc21)OCO3. The molecule has 0 radical (unpaired) electrons. The van der Waals surface area contributed by atoms with E-state index < -0.39 is 17.4 Å². The summed E-state index contributed by atoms with van der Waals surface area (Å²) < 4.78 is 17.9. The lowest BCUT2D eigenvalue weighted by molar-refractivity contribution is -0.123. The number of nitrogens with zero attached hydrogens (tertiary/aromatic N) is 1. The Morgan fingerprint density at radius 1 is 1.18 bits per heavy atom. The lowest BCUT2D eigenvalue weighted by Gasteiger charge is -2.20. The van der Waals surface area contributed by atoms with Crippen molar-refractivity contribution >= 4 is 22.7 Å². The third-order valence-electron chi connectivity index (χ3n) is 5.74. The van der Waals surface area contributed by atoms with E-state index in [0.717, 1.165) is 5.76 Å². The second kappa shape index (κ2) is 10.0. The van der Waals surface area contributed by atoms with Crippen molar-refractivity contribution in [2.45, 2.75) is 46.2 Å². The van der Waals surface area contributed by atoms with Crippen LogP contribution in [0.15, 0.2) is 45.9 Å². The highest BCUT2D eigenvalue weighted by atomic mass is 16.7. The zero-order valence-electron chi connectivity index (χ0n) is 19.6. The molecule has 1 aromatic carbocycles. The molecule has 0 unspecified atom stereocenters. The minimum Gasteiger partial charge on any atom is -0.469 e. The number of furan rings is 1. The molecule has 180 valence electrons. The van der Waals surface area contributed by atoms with Crippen LogP contribution in [0.5, 0.6) is 11.5 Å². The molecule has 4 rings (SSSR count). The highest BCUT2D eigenvalue weighted by molar-refractivity contribution is 6.00. The van der Waals surface area contributed by atoms with E-state index in [4.69, 9.17) is 13.9 Å². The molecular weight excluding hydrogens is 438 g/mol. The number of carbonyl (C=O) groups excluding carboxylic acids is 2. The molecule has 9 heteroatoms. The number of fused-ring (bicyclic) bond motifs is 2. The molecule has 0 fully saturated rings. The molecule has 9 nitrogen and oxygen atoms in total. The Bertz CT molecular complexity index is 1250. The van der Waals surface area contributed by atoms with E-state index in [0.29, 0.717) is 48.3 Å². The molecule has 2 N–H and O–H groups in total. The van der Waals surface area contributed by atoms with Crippen LogP contribution in [0, 0.1) is 5.92 Å². The van der Waals surface area contributed by atoms with Gasteiger partial charge in [0, 0.05) is 31.8 Å². The number of carbonyl (C=O) groups is 2. The highest BCUT2D eigenvalue weighted by Crippen LogP contribution is 2.35. The summed E-state index contributed by atoms with van der Waals surface area (Å²) in [6.07, 6.45) is 4.10. The van der Waals surface area contributed by atoms with Gasteiger partial charge in [-0.1, -0.05) is 13.8 Å². The maximum absolute atomic E-state index is 13.2. The topological polar surface area (TPSA) is 112 Å². The number of benzene rings is 1. The van der Waals surface area contributed by atoms with Gasteiger partial charge in [0.05, 0.1) is 17.2 Å². The molecule has 0 saturated heterocycles. The van der Waals surface area contributed by atoms with Gasteiger partial charge in [-0.05, 0) is 37.5 Å². The molecule has 2 aromatic heterocycles. The predicted octanol–water partition coefficient (Wildman–Crippen LogP) is 2.85. The predicted molar refractivity (Wildman–Crippen MR) is 126 cm³/mol. The number of hydrogen-bond acceptors (Lipinski definition) is 6. The molecule has 1 atom stereocenters. The summed E-state index contributed by atoms with van der Waals surface area (Å²) >= 11 is 0. The Morgan fingerprint density at radius 2 is 1.94 bits per heavy atom. The van der Waals surface area contributed by atoms with Gasteiger partial charge in [-0.2, -0.15) is 0 Å². The van der Waals surface area contributed by atoms with E-state index >= 15 is 0 Å². The first-order chi connectivity index (χ1) is 16.4. The number of ether oxygens (including phenoxy) is 2. The average molecular weight is 468 g/mol. The van der Waals surface area contributed by atoms with E-state index in [2.05, 4.69) is 10.6 Å². The molecule has 1 aliphatic rings. The number of aromatic nitrogens is 1. The largest absolute Gasteiger partial charge is 0.469 e. The summed E-state index contributed by atoms with van der Waals surface area (Å²) in [5, 5.41) is 5.99. The van der Waals surface area contributed by atoms with Crippen LogP contribution in [0.25, 0.3) is 10.9 Å². The van der Waals surface area contributed by atoms with Crippen molar-refractivity contribution in [3.8, 4) is 11.5 Å². The van der Waals surface area contributed by atoms with Crippen molar-refractivity contribution in [1.82, 2.24) is 15.2 Å². The standard InChI is InChI=1S/C25H29N3O6/c1-4-28-13-18(23(29)17-11-21-22(12-20(17)28)34-14-33-21)24(30)27-19(10-15(2)3)25(31)26-8-7-16-6-5-9-32-16/h5-6,9,11-13,15,19H,4,7-8,10,14H2,1-3H3,(H,26,31)(H,27,30)/t19-/m0/s1. The van der Waals surface area contributed by atoms with Gasteiger partial charge >= 0.3 is 0 Å². The van der Waals surface area contributed by atoms with E-state index in [1.807, 2.05) is 31.4 Å². The molecule has 1 aliphatic heterocycles. The molecule has 0 spiro atoms. The Morgan fingerprint density at radius 3 is 2.62 bits per heavy atom. The first-order valence-corrected chi connectivity index (χ1v) is 11.4. The minimum atomic E-state index is -0.772. The van der Waals surface area contributed by atoms with E-state index in [-0.39, 0.29) is 24.2 Å². The van der Waals surface area contributed by atoms with Gasteiger partial charge in [-0.15, -0.1) is 0 Å². The average Bonchev–Trinajstić information content (AvgIpc) is 3.49. The van der Waals surface area contributed by atoms with Crippen molar-refractivity contribution in [3.05, 3.63) is 58.3 Å². The number of amides is 2. The fraction of sp³-hybridized carbons (Fsp3) is 0.400. The van der Waals surface area contributed by atoms with Crippen molar-refractivity contribution in [1.29, 1.82) is 0 Å².